The van der Waals surface area contributed by atoms with E-state index in [1.165, 1.54) is 35.1 Å². The molecule has 0 N–H and O–H groups in total. The number of rotatable bonds is 5. The van der Waals surface area contributed by atoms with Gasteiger partial charge in [0.05, 0.1) is 0 Å². The molecule has 90 valence electrons. The van der Waals surface area contributed by atoms with Gasteiger partial charge in [-0.2, -0.15) is 0 Å². The molecule has 0 aliphatic carbocycles. The summed E-state index contributed by atoms with van der Waals surface area (Å²) in [5.74, 6) is 0. The van der Waals surface area contributed by atoms with E-state index >= 15 is 0 Å². The minimum absolute atomic E-state index is 0.353. The van der Waals surface area contributed by atoms with Crippen LogP contribution in [-0.4, -0.2) is 5.38 Å². The number of hydrogen-bond acceptors (Lipinski definition) is 0. The summed E-state index contributed by atoms with van der Waals surface area (Å²) in [6.07, 6.45) is 4.58. The number of alkyl halides is 1. The first-order valence-electron chi connectivity index (χ1n) is 6.25. The van der Waals surface area contributed by atoms with Crippen LogP contribution in [0.25, 0.3) is 0 Å². The van der Waals surface area contributed by atoms with Crippen molar-refractivity contribution < 1.29 is 0 Å². The Labute approximate surface area is 105 Å². The fraction of sp³-hybridized carbons (Fsp3) is 0.600. The van der Waals surface area contributed by atoms with E-state index in [2.05, 4.69) is 39.8 Å². The van der Waals surface area contributed by atoms with E-state index in [-0.39, 0.29) is 0 Å². The molecule has 0 aliphatic rings. The zero-order valence-corrected chi connectivity index (χ0v) is 11.7. The van der Waals surface area contributed by atoms with Crippen molar-refractivity contribution in [2.75, 3.05) is 0 Å². The van der Waals surface area contributed by atoms with Crippen molar-refractivity contribution in [2.45, 2.75) is 58.8 Å². The SMILES string of the molecule is CCC(Cl)CCCc1c(C)cc(C)cc1C. The zero-order chi connectivity index (χ0) is 12.1. The maximum atomic E-state index is 6.14. The number of benzene rings is 1. The number of aryl methyl sites for hydroxylation is 3. The van der Waals surface area contributed by atoms with Gasteiger partial charge in [0.25, 0.3) is 0 Å². The Hall–Kier alpha value is -0.490. The summed E-state index contributed by atoms with van der Waals surface area (Å²) in [6, 6.07) is 4.56. The first kappa shape index (κ1) is 13.6. The third-order valence-corrected chi connectivity index (χ3v) is 3.75. The normalized spacial score (nSPS) is 12.8. The molecule has 0 bridgehead atoms. The Balaban J connectivity index is 2.60. The van der Waals surface area contributed by atoms with Gasteiger partial charge in [-0.25, -0.2) is 0 Å². The van der Waals surface area contributed by atoms with Crippen molar-refractivity contribution in [3.8, 4) is 0 Å². The van der Waals surface area contributed by atoms with E-state index in [1.807, 2.05) is 0 Å². The van der Waals surface area contributed by atoms with Gasteiger partial charge in [-0.1, -0.05) is 24.6 Å². The lowest BCUT2D eigenvalue weighted by Crippen LogP contribution is -2.00. The van der Waals surface area contributed by atoms with Crippen LogP contribution in [0.4, 0.5) is 0 Å². The molecule has 1 aromatic carbocycles. The van der Waals surface area contributed by atoms with Crippen LogP contribution in [0.1, 0.15) is 48.4 Å². The highest BCUT2D eigenvalue weighted by molar-refractivity contribution is 6.20. The molecule has 0 heterocycles. The second kappa shape index (κ2) is 6.30. The predicted molar refractivity (Wildman–Crippen MR) is 73.5 cm³/mol. The standard InChI is InChI=1S/C15H23Cl/c1-5-14(16)7-6-8-15-12(3)9-11(2)10-13(15)4/h9-10,14H,5-8H2,1-4H3. The summed E-state index contributed by atoms with van der Waals surface area (Å²) in [5.41, 5.74) is 5.74. The lowest BCUT2D eigenvalue weighted by Gasteiger charge is -2.12. The topological polar surface area (TPSA) is 0 Å². The van der Waals surface area contributed by atoms with E-state index < -0.39 is 0 Å². The number of halogens is 1. The van der Waals surface area contributed by atoms with Crippen molar-refractivity contribution in [3.05, 3.63) is 34.4 Å². The Morgan fingerprint density at radius 1 is 1.12 bits per heavy atom. The third-order valence-electron chi connectivity index (χ3n) is 3.23. The third kappa shape index (κ3) is 3.83. The Morgan fingerprint density at radius 2 is 1.69 bits per heavy atom. The molecule has 0 amide bonds. The molecule has 0 radical (unpaired) electrons. The molecule has 1 rings (SSSR count). The molecule has 16 heavy (non-hydrogen) atoms. The second-order valence-electron chi connectivity index (χ2n) is 4.78. The summed E-state index contributed by atoms with van der Waals surface area (Å²) in [6.45, 7) is 8.75. The maximum Gasteiger partial charge on any atom is 0.0333 e. The summed E-state index contributed by atoms with van der Waals surface area (Å²) in [4.78, 5) is 0. The van der Waals surface area contributed by atoms with Crippen LogP contribution in [-0.2, 0) is 6.42 Å². The molecule has 0 spiro atoms. The first-order valence-corrected chi connectivity index (χ1v) is 6.69. The monoisotopic (exact) mass is 238 g/mol. The van der Waals surface area contributed by atoms with Crippen molar-refractivity contribution >= 4 is 11.6 Å². The number of hydrogen-bond donors (Lipinski definition) is 0. The molecule has 0 saturated carbocycles. The van der Waals surface area contributed by atoms with E-state index in [0.29, 0.717) is 5.38 Å². The lowest BCUT2D eigenvalue weighted by molar-refractivity contribution is 0.672. The molecule has 0 fully saturated rings. The minimum Gasteiger partial charge on any atom is -0.123 e. The van der Waals surface area contributed by atoms with Gasteiger partial charge in [0.2, 0.25) is 0 Å². The van der Waals surface area contributed by atoms with E-state index in [1.54, 1.807) is 0 Å². The average Bonchev–Trinajstić information content (AvgIpc) is 2.21. The first-order chi connectivity index (χ1) is 7.54. The molecule has 1 heteroatoms. The Morgan fingerprint density at radius 3 is 2.19 bits per heavy atom. The summed E-state index contributed by atoms with van der Waals surface area (Å²) >= 11 is 6.14. The van der Waals surface area contributed by atoms with E-state index in [4.69, 9.17) is 11.6 Å². The van der Waals surface area contributed by atoms with Crippen LogP contribution in [0.3, 0.4) is 0 Å². The van der Waals surface area contributed by atoms with Crippen molar-refractivity contribution in [1.82, 2.24) is 0 Å². The van der Waals surface area contributed by atoms with Gasteiger partial charge in [-0.3, -0.25) is 0 Å². The van der Waals surface area contributed by atoms with Gasteiger partial charge in [0, 0.05) is 5.38 Å². The molecular weight excluding hydrogens is 216 g/mol. The van der Waals surface area contributed by atoms with Gasteiger partial charge in [-0.05, 0) is 63.1 Å². The van der Waals surface area contributed by atoms with Gasteiger partial charge < -0.3 is 0 Å². The molecule has 0 saturated heterocycles. The molecule has 0 aliphatic heterocycles. The fourth-order valence-electron chi connectivity index (χ4n) is 2.31. The smallest absolute Gasteiger partial charge is 0.0333 e. The summed E-state index contributed by atoms with van der Waals surface area (Å²) in [7, 11) is 0. The Kier molecular flexibility index (Phi) is 5.34. The highest BCUT2D eigenvalue weighted by Crippen LogP contribution is 2.20. The lowest BCUT2D eigenvalue weighted by atomic mass is 9.95. The quantitative estimate of drug-likeness (QED) is 0.637. The molecule has 1 aromatic rings. The fourth-order valence-corrected chi connectivity index (χ4v) is 2.46. The highest BCUT2D eigenvalue weighted by atomic mass is 35.5. The van der Waals surface area contributed by atoms with Crippen LogP contribution in [0.5, 0.6) is 0 Å². The average molecular weight is 239 g/mol. The molecule has 1 unspecified atom stereocenters. The molecule has 1 atom stereocenters. The molecule has 0 nitrogen and oxygen atoms in total. The van der Waals surface area contributed by atoms with Crippen LogP contribution >= 0.6 is 11.6 Å². The van der Waals surface area contributed by atoms with Crippen LogP contribution in [0.2, 0.25) is 0 Å². The maximum absolute atomic E-state index is 6.14. The van der Waals surface area contributed by atoms with Gasteiger partial charge in [-0.15, -0.1) is 11.6 Å². The minimum atomic E-state index is 0.353. The van der Waals surface area contributed by atoms with Crippen molar-refractivity contribution in [1.29, 1.82) is 0 Å². The summed E-state index contributed by atoms with van der Waals surface area (Å²) in [5, 5.41) is 0.353. The largest absolute Gasteiger partial charge is 0.123 e. The van der Waals surface area contributed by atoms with Gasteiger partial charge in [0.1, 0.15) is 0 Å². The summed E-state index contributed by atoms with van der Waals surface area (Å²) < 4.78 is 0. The molecular formula is C15H23Cl. The highest BCUT2D eigenvalue weighted by Gasteiger charge is 2.06. The van der Waals surface area contributed by atoms with E-state index in [9.17, 15) is 0 Å². The van der Waals surface area contributed by atoms with Crippen LogP contribution < -0.4 is 0 Å². The van der Waals surface area contributed by atoms with Crippen LogP contribution in [0, 0.1) is 20.8 Å². The predicted octanol–water partition coefficient (Wildman–Crippen LogP) is 4.95. The van der Waals surface area contributed by atoms with Gasteiger partial charge >= 0.3 is 0 Å². The van der Waals surface area contributed by atoms with E-state index in [0.717, 1.165) is 12.8 Å². The Bertz CT molecular complexity index is 318. The zero-order valence-electron chi connectivity index (χ0n) is 10.9. The van der Waals surface area contributed by atoms with Crippen LogP contribution in [0.15, 0.2) is 12.1 Å². The van der Waals surface area contributed by atoms with Crippen molar-refractivity contribution in [2.24, 2.45) is 0 Å². The molecule has 0 aromatic heterocycles. The van der Waals surface area contributed by atoms with Gasteiger partial charge in [0.15, 0.2) is 0 Å². The second-order valence-corrected chi connectivity index (χ2v) is 5.39. The van der Waals surface area contributed by atoms with Crippen molar-refractivity contribution in [3.63, 3.8) is 0 Å².